The fraction of sp³-hybridized carbons (Fsp3) is 0. The highest BCUT2D eigenvalue weighted by Gasteiger charge is 2.13. The zero-order valence-corrected chi connectivity index (χ0v) is 8.85. The van der Waals surface area contributed by atoms with Crippen LogP contribution in [0.4, 0.5) is 0 Å². The second-order valence-corrected chi connectivity index (χ2v) is 3.46. The lowest BCUT2D eigenvalue weighted by molar-refractivity contribution is 0.0697. The molecule has 0 fully saturated rings. The van der Waals surface area contributed by atoms with Crippen molar-refractivity contribution < 1.29 is 9.90 Å². The van der Waals surface area contributed by atoms with E-state index in [0.717, 1.165) is 0 Å². The Bertz CT molecular complexity index is 529. The van der Waals surface area contributed by atoms with Crippen LogP contribution < -0.4 is 0 Å². The van der Waals surface area contributed by atoms with E-state index in [-0.39, 0.29) is 10.7 Å². The third kappa shape index (κ3) is 2.01. The number of aromatic nitrogens is 2. The average molecular weight is 235 g/mol. The highest BCUT2D eigenvalue weighted by molar-refractivity contribution is 6.29. The van der Waals surface area contributed by atoms with Gasteiger partial charge in [-0.3, -0.25) is 4.98 Å². The summed E-state index contributed by atoms with van der Waals surface area (Å²) in [4.78, 5) is 18.9. The molecule has 0 aliphatic heterocycles. The van der Waals surface area contributed by atoms with Gasteiger partial charge in [-0.25, -0.2) is 9.78 Å². The van der Waals surface area contributed by atoms with E-state index >= 15 is 0 Å². The lowest BCUT2D eigenvalue weighted by Gasteiger charge is -2.04. The maximum atomic E-state index is 11.0. The Morgan fingerprint density at radius 2 is 1.88 bits per heavy atom. The molecule has 16 heavy (non-hydrogen) atoms. The third-order valence-corrected chi connectivity index (χ3v) is 2.26. The monoisotopic (exact) mass is 234 g/mol. The topological polar surface area (TPSA) is 63.1 Å². The van der Waals surface area contributed by atoms with Gasteiger partial charge in [0.1, 0.15) is 5.15 Å². The van der Waals surface area contributed by atoms with E-state index in [1.165, 1.54) is 12.1 Å². The van der Waals surface area contributed by atoms with Gasteiger partial charge in [-0.05, 0) is 24.3 Å². The molecule has 0 aliphatic carbocycles. The number of carbonyl (C=O) groups is 1. The summed E-state index contributed by atoms with van der Waals surface area (Å²) in [5, 5.41) is 9.28. The van der Waals surface area contributed by atoms with Crippen LogP contribution in [0.2, 0.25) is 5.15 Å². The van der Waals surface area contributed by atoms with E-state index < -0.39 is 5.97 Å². The van der Waals surface area contributed by atoms with Gasteiger partial charge in [0, 0.05) is 18.0 Å². The van der Waals surface area contributed by atoms with Crippen molar-refractivity contribution in [1.82, 2.24) is 9.97 Å². The van der Waals surface area contributed by atoms with Crippen LogP contribution in [0.3, 0.4) is 0 Å². The molecule has 1 N–H and O–H groups in total. The van der Waals surface area contributed by atoms with Crippen LogP contribution in [0.25, 0.3) is 11.3 Å². The van der Waals surface area contributed by atoms with Crippen molar-refractivity contribution in [3.05, 3.63) is 47.4 Å². The first-order valence-electron chi connectivity index (χ1n) is 4.49. The molecule has 0 unspecified atom stereocenters. The SMILES string of the molecule is O=C(O)c1ccc(Cl)nc1-c1ccncc1. The zero-order chi connectivity index (χ0) is 11.5. The van der Waals surface area contributed by atoms with Gasteiger partial charge >= 0.3 is 5.97 Å². The quantitative estimate of drug-likeness (QED) is 0.811. The van der Waals surface area contributed by atoms with Crippen LogP contribution in [0, 0.1) is 0 Å². The molecule has 0 spiro atoms. The predicted molar refractivity (Wildman–Crippen MR) is 59.4 cm³/mol. The smallest absolute Gasteiger partial charge is 0.337 e. The third-order valence-electron chi connectivity index (χ3n) is 2.05. The summed E-state index contributed by atoms with van der Waals surface area (Å²) in [5.41, 5.74) is 1.15. The standard InChI is InChI=1S/C11H7ClN2O2/c12-9-2-1-8(11(15)16)10(14-9)7-3-5-13-6-4-7/h1-6H,(H,15,16). The molecule has 2 rings (SSSR count). The largest absolute Gasteiger partial charge is 0.478 e. The number of aromatic carboxylic acids is 1. The first kappa shape index (κ1) is 10.6. The minimum absolute atomic E-state index is 0.121. The molecule has 80 valence electrons. The summed E-state index contributed by atoms with van der Waals surface area (Å²) in [7, 11) is 0. The Balaban J connectivity index is 2.63. The normalized spacial score (nSPS) is 10.1. The van der Waals surface area contributed by atoms with E-state index in [0.29, 0.717) is 11.3 Å². The van der Waals surface area contributed by atoms with Crippen molar-refractivity contribution in [1.29, 1.82) is 0 Å². The molecule has 4 nitrogen and oxygen atoms in total. The Morgan fingerprint density at radius 1 is 1.19 bits per heavy atom. The lowest BCUT2D eigenvalue weighted by Crippen LogP contribution is -2.01. The van der Waals surface area contributed by atoms with Gasteiger partial charge in [-0.15, -0.1) is 0 Å². The number of hydrogen-bond acceptors (Lipinski definition) is 3. The summed E-state index contributed by atoms with van der Waals surface area (Å²) in [5.74, 6) is -1.03. The Labute approximate surface area is 96.6 Å². The molecule has 0 amide bonds. The van der Waals surface area contributed by atoms with Crippen molar-refractivity contribution in [2.24, 2.45) is 0 Å². The minimum atomic E-state index is -1.03. The van der Waals surface area contributed by atoms with E-state index in [9.17, 15) is 4.79 Å². The molecule has 0 bridgehead atoms. The molecule has 0 radical (unpaired) electrons. The molecule has 0 atom stereocenters. The van der Waals surface area contributed by atoms with Crippen molar-refractivity contribution in [3.8, 4) is 11.3 Å². The molecule has 0 saturated heterocycles. The maximum absolute atomic E-state index is 11.0. The van der Waals surface area contributed by atoms with Gasteiger partial charge in [0.05, 0.1) is 11.3 Å². The lowest BCUT2D eigenvalue weighted by atomic mass is 10.1. The van der Waals surface area contributed by atoms with E-state index in [2.05, 4.69) is 9.97 Å². The number of pyridine rings is 2. The minimum Gasteiger partial charge on any atom is -0.478 e. The van der Waals surface area contributed by atoms with Gasteiger partial charge in [0.25, 0.3) is 0 Å². The molecule has 2 heterocycles. The molecule has 0 saturated carbocycles. The van der Waals surface area contributed by atoms with Crippen molar-refractivity contribution in [2.75, 3.05) is 0 Å². The predicted octanol–water partition coefficient (Wildman–Crippen LogP) is 2.50. The molecule has 2 aromatic rings. The van der Waals surface area contributed by atoms with Crippen molar-refractivity contribution in [2.45, 2.75) is 0 Å². The average Bonchev–Trinajstić information content (AvgIpc) is 2.29. The Kier molecular flexibility index (Phi) is 2.83. The number of hydrogen-bond donors (Lipinski definition) is 1. The van der Waals surface area contributed by atoms with Crippen LogP contribution in [-0.4, -0.2) is 21.0 Å². The van der Waals surface area contributed by atoms with Crippen molar-refractivity contribution in [3.63, 3.8) is 0 Å². The molecular formula is C11H7ClN2O2. The van der Waals surface area contributed by atoms with Gasteiger partial charge in [0.2, 0.25) is 0 Å². The maximum Gasteiger partial charge on any atom is 0.337 e. The molecular weight excluding hydrogens is 228 g/mol. The van der Waals surface area contributed by atoms with Crippen LogP contribution in [-0.2, 0) is 0 Å². The molecule has 0 aromatic carbocycles. The van der Waals surface area contributed by atoms with E-state index in [1.54, 1.807) is 24.5 Å². The summed E-state index contributed by atoms with van der Waals surface area (Å²) < 4.78 is 0. The van der Waals surface area contributed by atoms with Gasteiger partial charge in [-0.1, -0.05) is 11.6 Å². The fourth-order valence-corrected chi connectivity index (χ4v) is 1.49. The number of carboxylic acid groups (broad SMARTS) is 1. The summed E-state index contributed by atoms with van der Waals surface area (Å²) in [6.45, 7) is 0. The molecule has 5 heteroatoms. The first-order chi connectivity index (χ1) is 7.68. The number of rotatable bonds is 2. The number of nitrogens with zero attached hydrogens (tertiary/aromatic N) is 2. The van der Waals surface area contributed by atoms with Gasteiger partial charge in [-0.2, -0.15) is 0 Å². The molecule has 0 aliphatic rings. The van der Waals surface area contributed by atoms with Gasteiger partial charge in [0.15, 0.2) is 0 Å². The van der Waals surface area contributed by atoms with Crippen molar-refractivity contribution >= 4 is 17.6 Å². The van der Waals surface area contributed by atoms with Crippen LogP contribution in [0.15, 0.2) is 36.7 Å². The summed E-state index contributed by atoms with van der Waals surface area (Å²) in [6.07, 6.45) is 3.15. The number of halogens is 1. The molecule has 2 aromatic heterocycles. The second kappa shape index (κ2) is 4.28. The highest BCUT2D eigenvalue weighted by Crippen LogP contribution is 2.22. The zero-order valence-electron chi connectivity index (χ0n) is 8.09. The van der Waals surface area contributed by atoms with Crippen LogP contribution in [0.5, 0.6) is 0 Å². The second-order valence-electron chi connectivity index (χ2n) is 3.07. The Hall–Kier alpha value is -1.94. The number of carboxylic acids is 1. The van der Waals surface area contributed by atoms with E-state index in [1.807, 2.05) is 0 Å². The van der Waals surface area contributed by atoms with Crippen LogP contribution in [0.1, 0.15) is 10.4 Å². The summed E-state index contributed by atoms with van der Waals surface area (Å²) in [6, 6.07) is 6.26. The first-order valence-corrected chi connectivity index (χ1v) is 4.86. The van der Waals surface area contributed by atoms with E-state index in [4.69, 9.17) is 16.7 Å². The fourth-order valence-electron chi connectivity index (χ4n) is 1.34. The summed E-state index contributed by atoms with van der Waals surface area (Å²) >= 11 is 5.75. The van der Waals surface area contributed by atoms with Gasteiger partial charge < -0.3 is 5.11 Å². The highest BCUT2D eigenvalue weighted by atomic mass is 35.5. The Morgan fingerprint density at radius 3 is 2.50 bits per heavy atom. The van der Waals surface area contributed by atoms with Crippen LogP contribution >= 0.6 is 11.6 Å².